The highest BCUT2D eigenvalue weighted by atomic mass is 79.9. The van der Waals surface area contributed by atoms with Crippen LogP contribution in [0, 0.1) is 0 Å². The molecule has 10 heteroatoms. The second kappa shape index (κ2) is 13.8. The van der Waals surface area contributed by atoms with Crippen molar-refractivity contribution in [3.63, 3.8) is 0 Å². The van der Waals surface area contributed by atoms with Crippen molar-refractivity contribution in [2.24, 2.45) is 0 Å². The van der Waals surface area contributed by atoms with Crippen LogP contribution in [0.25, 0.3) is 0 Å². The molecule has 164 valence electrons. The summed E-state index contributed by atoms with van der Waals surface area (Å²) in [5, 5.41) is 0. The van der Waals surface area contributed by atoms with Crippen LogP contribution in [0.5, 0.6) is 0 Å². The lowest BCUT2D eigenvalue weighted by Crippen LogP contribution is -2.18. The summed E-state index contributed by atoms with van der Waals surface area (Å²) in [7, 11) is -3.61. The average Bonchev–Trinajstić information content (AvgIpc) is 2.67. The van der Waals surface area contributed by atoms with Gasteiger partial charge in [-0.3, -0.25) is 9.59 Å². The molecule has 0 N–H and O–H groups in total. The van der Waals surface area contributed by atoms with E-state index >= 15 is 0 Å². The average molecular weight is 582 g/mol. The molecule has 2 aromatic rings. The number of rotatable bonds is 8. The molecular formula is C20H22Br2O6S2. The van der Waals surface area contributed by atoms with E-state index in [2.05, 4.69) is 36.6 Å². The number of carbonyl (C=O) groups excluding carboxylic acids is 2. The summed E-state index contributed by atoms with van der Waals surface area (Å²) in [5.41, 5.74) is 0. The Kier molecular flexibility index (Phi) is 12.3. The van der Waals surface area contributed by atoms with Crippen LogP contribution in [0.3, 0.4) is 0 Å². The van der Waals surface area contributed by atoms with Crippen molar-refractivity contribution in [1.29, 1.82) is 0 Å². The third kappa shape index (κ3) is 10.6. The number of benzene rings is 2. The maximum absolute atomic E-state index is 11.7. The Balaban J connectivity index is 0.000000303. The first-order valence-corrected chi connectivity index (χ1v) is 13.1. The van der Waals surface area contributed by atoms with Gasteiger partial charge in [-0.05, 0) is 50.2 Å². The number of halogens is 2. The van der Waals surface area contributed by atoms with Crippen molar-refractivity contribution in [3.05, 3.63) is 57.5 Å². The Morgan fingerprint density at radius 2 is 1.47 bits per heavy atom. The third-order valence-electron chi connectivity index (χ3n) is 3.23. The summed E-state index contributed by atoms with van der Waals surface area (Å²) in [6.07, 6.45) is 0. The van der Waals surface area contributed by atoms with Gasteiger partial charge in [0.2, 0.25) is 0 Å². The Morgan fingerprint density at radius 3 is 2.03 bits per heavy atom. The number of sulfone groups is 1. The van der Waals surface area contributed by atoms with E-state index in [4.69, 9.17) is 4.74 Å². The van der Waals surface area contributed by atoms with Gasteiger partial charge < -0.3 is 9.47 Å². The van der Waals surface area contributed by atoms with Gasteiger partial charge in [0.1, 0.15) is 0 Å². The molecule has 0 saturated heterocycles. The van der Waals surface area contributed by atoms with Crippen LogP contribution in [-0.4, -0.2) is 45.1 Å². The normalized spacial score (nSPS) is 10.5. The summed E-state index contributed by atoms with van der Waals surface area (Å²) in [4.78, 5) is 23.3. The first kappa shape index (κ1) is 26.7. The van der Waals surface area contributed by atoms with Gasteiger partial charge >= 0.3 is 11.9 Å². The number of ether oxygens (including phenoxy) is 2. The first-order chi connectivity index (χ1) is 14.2. The zero-order valence-corrected chi connectivity index (χ0v) is 21.3. The van der Waals surface area contributed by atoms with Crippen molar-refractivity contribution >= 4 is 65.4 Å². The van der Waals surface area contributed by atoms with Crippen LogP contribution in [0.4, 0.5) is 0 Å². The highest BCUT2D eigenvalue weighted by molar-refractivity contribution is 9.10. The fourth-order valence-corrected chi connectivity index (χ4v) is 5.01. The lowest BCUT2D eigenvalue weighted by molar-refractivity contribution is -0.140. The molecule has 2 rings (SSSR count). The summed E-state index contributed by atoms with van der Waals surface area (Å²) < 4.78 is 34.6. The smallest absolute Gasteiger partial charge is 0.321 e. The quantitative estimate of drug-likeness (QED) is 0.324. The van der Waals surface area contributed by atoms with Gasteiger partial charge in [0.25, 0.3) is 0 Å². The van der Waals surface area contributed by atoms with Gasteiger partial charge in [0.05, 0.1) is 23.9 Å². The molecule has 0 aliphatic heterocycles. The number of esters is 2. The lowest BCUT2D eigenvalue weighted by Gasteiger charge is -2.04. The van der Waals surface area contributed by atoms with Crippen LogP contribution in [0.15, 0.2) is 67.3 Å². The van der Waals surface area contributed by atoms with E-state index in [0.717, 1.165) is 9.37 Å². The topological polar surface area (TPSA) is 86.7 Å². The molecule has 0 aromatic heterocycles. The van der Waals surface area contributed by atoms with Crippen molar-refractivity contribution in [2.45, 2.75) is 23.6 Å². The monoisotopic (exact) mass is 580 g/mol. The molecule has 0 fully saturated rings. The van der Waals surface area contributed by atoms with Gasteiger partial charge in [0, 0.05) is 13.8 Å². The fraction of sp³-hybridized carbons (Fsp3) is 0.300. The van der Waals surface area contributed by atoms with Gasteiger partial charge in [-0.1, -0.05) is 44.0 Å². The van der Waals surface area contributed by atoms with Crippen molar-refractivity contribution < 1.29 is 27.5 Å². The van der Waals surface area contributed by atoms with E-state index in [1.807, 2.05) is 31.2 Å². The van der Waals surface area contributed by atoms with Gasteiger partial charge in [0.15, 0.2) is 15.6 Å². The fourth-order valence-electron chi connectivity index (χ4n) is 2.00. The minimum Gasteiger partial charge on any atom is -0.465 e. The summed E-state index contributed by atoms with van der Waals surface area (Å²) in [6, 6.07) is 14.0. The summed E-state index contributed by atoms with van der Waals surface area (Å²) >= 11 is 8.02. The lowest BCUT2D eigenvalue weighted by atomic mass is 10.4. The van der Waals surface area contributed by atoms with E-state index < -0.39 is 21.6 Å². The van der Waals surface area contributed by atoms with E-state index in [0.29, 0.717) is 16.8 Å². The number of hydrogen-bond acceptors (Lipinski definition) is 7. The van der Waals surface area contributed by atoms with Crippen LogP contribution >= 0.6 is 43.6 Å². The Morgan fingerprint density at radius 1 is 0.900 bits per heavy atom. The molecular weight excluding hydrogens is 560 g/mol. The summed E-state index contributed by atoms with van der Waals surface area (Å²) in [6.45, 7) is 4.05. The molecule has 0 spiro atoms. The molecule has 30 heavy (non-hydrogen) atoms. The van der Waals surface area contributed by atoms with Gasteiger partial charge in [-0.25, -0.2) is 8.42 Å². The molecule has 0 aliphatic carbocycles. The van der Waals surface area contributed by atoms with Crippen LogP contribution in [0.2, 0.25) is 0 Å². The van der Waals surface area contributed by atoms with Gasteiger partial charge in [-0.2, -0.15) is 0 Å². The molecule has 2 aromatic carbocycles. The minimum atomic E-state index is -3.61. The highest BCUT2D eigenvalue weighted by Gasteiger charge is 2.20. The standard InChI is InChI=1S/C10H11BrO4S.C10H11BrO2S/c1-2-15-10(12)7-16(13,14)9-5-3-4-8(11)6-9;1-2-13-10(12)7-14-9-5-3-4-8(11)6-9/h3-6H,2,7H2,1H3;3-6H,2,7H2,1H3. The molecule has 6 nitrogen and oxygen atoms in total. The Bertz CT molecular complexity index is 948. The van der Waals surface area contributed by atoms with E-state index in [-0.39, 0.29) is 17.5 Å². The maximum Gasteiger partial charge on any atom is 0.321 e. The van der Waals surface area contributed by atoms with Crippen LogP contribution < -0.4 is 0 Å². The Labute approximate surface area is 197 Å². The van der Waals surface area contributed by atoms with Crippen LogP contribution in [0.1, 0.15) is 13.8 Å². The molecule has 0 heterocycles. The maximum atomic E-state index is 11.7. The summed E-state index contributed by atoms with van der Waals surface area (Å²) in [5.74, 6) is -1.17. The number of thioether (sulfide) groups is 1. The molecule has 0 unspecified atom stereocenters. The van der Waals surface area contributed by atoms with Crippen LogP contribution in [-0.2, 0) is 28.9 Å². The molecule has 0 saturated carbocycles. The van der Waals surface area contributed by atoms with E-state index in [1.54, 1.807) is 19.1 Å². The molecule has 0 radical (unpaired) electrons. The zero-order valence-electron chi connectivity index (χ0n) is 16.5. The molecule has 0 aliphatic rings. The predicted octanol–water partition coefficient (Wildman–Crippen LogP) is 4.89. The van der Waals surface area contributed by atoms with E-state index in [1.165, 1.54) is 23.9 Å². The second-order valence-electron chi connectivity index (χ2n) is 5.57. The van der Waals surface area contributed by atoms with Gasteiger partial charge in [-0.15, -0.1) is 11.8 Å². The van der Waals surface area contributed by atoms with Crippen molar-refractivity contribution in [2.75, 3.05) is 24.7 Å². The number of carbonyl (C=O) groups is 2. The zero-order chi connectivity index (χ0) is 22.6. The second-order valence-corrected chi connectivity index (χ2v) is 10.4. The highest BCUT2D eigenvalue weighted by Crippen LogP contribution is 2.21. The molecule has 0 atom stereocenters. The van der Waals surface area contributed by atoms with Crippen molar-refractivity contribution in [1.82, 2.24) is 0 Å². The number of hydrogen-bond donors (Lipinski definition) is 0. The Hall–Kier alpha value is -1.36. The minimum absolute atomic E-state index is 0.106. The molecule has 0 bridgehead atoms. The van der Waals surface area contributed by atoms with Crippen molar-refractivity contribution in [3.8, 4) is 0 Å². The largest absolute Gasteiger partial charge is 0.465 e. The first-order valence-electron chi connectivity index (χ1n) is 8.85. The van der Waals surface area contributed by atoms with E-state index in [9.17, 15) is 18.0 Å². The SMILES string of the molecule is CCOC(=O)CS(=O)(=O)c1cccc(Br)c1.CCOC(=O)CSc1cccc(Br)c1. The predicted molar refractivity (Wildman–Crippen MR) is 124 cm³/mol. The molecule has 0 amide bonds. The third-order valence-corrected chi connectivity index (χ3v) is 6.77.